The molecule has 3 aromatic rings. The summed E-state index contributed by atoms with van der Waals surface area (Å²) in [7, 11) is -4.00. The van der Waals surface area contributed by atoms with Gasteiger partial charge in [-0.15, -0.1) is 0 Å². The van der Waals surface area contributed by atoms with Crippen LogP contribution in [0.3, 0.4) is 0 Å². The van der Waals surface area contributed by atoms with Crippen LogP contribution < -0.4 is 5.32 Å². The van der Waals surface area contributed by atoms with Crippen molar-refractivity contribution in [3.63, 3.8) is 0 Å². The topological polar surface area (TPSA) is 110 Å². The van der Waals surface area contributed by atoms with Crippen LogP contribution in [0.5, 0.6) is 0 Å². The van der Waals surface area contributed by atoms with Gasteiger partial charge in [-0.2, -0.15) is 4.31 Å². The average molecular weight is 474 g/mol. The minimum atomic E-state index is -4.00. The molecule has 0 saturated carbocycles. The minimum Gasteiger partial charge on any atom is -0.324 e. The lowest BCUT2D eigenvalue weighted by molar-refractivity contribution is -0.384. The summed E-state index contributed by atoms with van der Waals surface area (Å²) in [6, 6.07) is 18.5. The molecule has 0 fully saturated rings. The van der Waals surface area contributed by atoms with Crippen LogP contribution >= 0.6 is 11.6 Å². The number of non-ortho nitro benzene ring substituents is 1. The summed E-state index contributed by atoms with van der Waals surface area (Å²) >= 11 is 5.91. The number of anilines is 1. The Balaban J connectivity index is 1.88. The molecular formula is C22H20ClN3O5S. The molecule has 3 aromatic carbocycles. The van der Waals surface area contributed by atoms with E-state index in [-0.39, 0.29) is 22.8 Å². The van der Waals surface area contributed by atoms with E-state index in [0.717, 1.165) is 4.31 Å². The Hall–Kier alpha value is -3.27. The first kappa shape index (κ1) is 23.4. The molecule has 3 rings (SSSR count). The number of nitrogens with one attached hydrogen (secondary N) is 1. The van der Waals surface area contributed by atoms with Crippen LogP contribution in [-0.2, 0) is 21.4 Å². The maximum Gasteiger partial charge on any atom is 0.271 e. The molecule has 0 aromatic heterocycles. The van der Waals surface area contributed by atoms with E-state index < -0.39 is 27.4 Å². The summed E-state index contributed by atoms with van der Waals surface area (Å²) in [6.07, 6.45) is 0. The lowest BCUT2D eigenvalue weighted by Gasteiger charge is -2.22. The van der Waals surface area contributed by atoms with Gasteiger partial charge in [0.15, 0.2) is 0 Å². The SMILES string of the molecule is Cc1ccc([N+](=O)[O-])cc1NC(=O)CN(Cc1ccc(Cl)cc1)S(=O)(=O)c1ccccc1. The normalized spacial score (nSPS) is 11.3. The predicted molar refractivity (Wildman–Crippen MR) is 122 cm³/mol. The Kier molecular flexibility index (Phi) is 7.24. The van der Waals surface area contributed by atoms with E-state index in [1.807, 2.05) is 0 Å². The number of halogens is 1. The Morgan fingerprint density at radius 2 is 1.72 bits per heavy atom. The number of nitro groups is 1. The van der Waals surface area contributed by atoms with Crippen molar-refractivity contribution in [1.29, 1.82) is 0 Å². The molecular weight excluding hydrogens is 454 g/mol. The van der Waals surface area contributed by atoms with Crippen molar-refractivity contribution in [2.45, 2.75) is 18.4 Å². The third-order valence-corrected chi connectivity index (χ3v) is 6.74. The molecule has 0 atom stereocenters. The molecule has 0 spiro atoms. The number of rotatable bonds is 8. The Labute approximate surface area is 190 Å². The van der Waals surface area contributed by atoms with Crippen molar-refractivity contribution in [2.75, 3.05) is 11.9 Å². The number of amides is 1. The quantitative estimate of drug-likeness (QED) is 0.385. The van der Waals surface area contributed by atoms with Crippen molar-refractivity contribution in [3.05, 3.63) is 99.1 Å². The van der Waals surface area contributed by atoms with Crippen molar-refractivity contribution in [2.24, 2.45) is 0 Å². The van der Waals surface area contributed by atoms with Crippen LogP contribution in [0, 0.1) is 17.0 Å². The highest BCUT2D eigenvalue weighted by molar-refractivity contribution is 7.89. The molecule has 1 amide bonds. The first-order valence-electron chi connectivity index (χ1n) is 9.51. The highest BCUT2D eigenvalue weighted by atomic mass is 35.5. The molecule has 0 bridgehead atoms. The fourth-order valence-electron chi connectivity index (χ4n) is 2.97. The van der Waals surface area contributed by atoms with Crippen molar-refractivity contribution in [1.82, 2.24) is 4.31 Å². The predicted octanol–water partition coefficient (Wildman–Crippen LogP) is 4.39. The summed E-state index contributed by atoms with van der Waals surface area (Å²) in [4.78, 5) is 23.3. The molecule has 10 heteroatoms. The number of aryl methyl sites for hydroxylation is 1. The van der Waals surface area contributed by atoms with Gasteiger partial charge in [-0.1, -0.05) is 48.0 Å². The number of nitro benzene ring substituents is 1. The monoisotopic (exact) mass is 473 g/mol. The lowest BCUT2D eigenvalue weighted by Crippen LogP contribution is -2.37. The van der Waals surface area contributed by atoms with Crippen molar-refractivity contribution in [3.8, 4) is 0 Å². The van der Waals surface area contributed by atoms with Gasteiger partial charge < -0.3 is 5.32 Å². The van der Waals surface area contributed by atoms with Crippen LogP contribution in [-0.4, -0.2) is 30.1 Å². The zero-order valence-electron chi connectivity index (χ0n) is 17.1. The van der Waals surface area contributed by atoms with E-state index in [4.69, 9.17) is 11.6 Å². The Morgan fingerprint density at radius 3 is 2.34 bits per heavy atom. The standard InChI is InChI=1S/C22H20ClN3O5S/c1-16-7-12-19(26(28)29)13-21(16)24-22(27)15-25(14-17-8-10-18(23)11-9-17)32(30,31)20-5-3-2-4-6-20/h2-13H,14-15H2,1H3,(H,24,27). The Morgan fingerprint density at radius 1 is 1.06 bits per heavy atom. The number of carbonyl (C=O) groups is 1. The van der Waals surface area contributed by atoms with Gasteiger partial charge in [0, 0.05) is 23.7 Å². The molecule has 0 aliphatic rings. The van der Waals surface area contributed by atoms with Gasteiger partial charge in [-0.3, -0.25) is 14.9 Å². The maximum atomic E-state index is 13.2. The lowest BCUT2D eigenvalue weighted by atomic mass is 10.2. The number of carbonyl (C=O) groups excluding carboxylic acids is 1. The number of sulfonamides is 1. The van der Waals surface area contributed by atoms with Crippen LogP contribution in [0.25, 0.3) is 0 Å². The Bertz CT molecular complexity index is 1230. The molecule has 0 heterocycles. The number of hydrogen-bond acceptors (Lipinski definition) is 5. The number of nitrogens with zero attached hydrogens (tertiary/aromatic N) is 2. The number of hydrogen-bond donors (Lipinski definition) is 1. The van der Waals surface area contributed by atoms with Gasteiger partial charge in [0.05, 0.1) is 22.1 Å². The molecule has 0 saturated heterocycles. The van der Waals surface area contributed by atoms with Gasteiger partial charge in [0.2, 0.25) is 15.9 Å². The smallest absolute Gasteiger partial charge is 0.271 e. The van der Waals surface area contributed by atoms with Gasteiger partial charge in [0.1, 0.15) is 0 Å². The van der Waals surface area contributed by atoms with Crippen molar-refractivity contribution >= 4 is 38.9 Å². The second-order valence-corrected chi connectivity index (χ2v) is 9.39. The second-order valence-electron chi connectivity index (χ2n) is 7.02. The van der Waals surface area contributed by atoms with Gasteiger partial charge in [-0.25, -0.2) is 8.42 Å². The molecule has 0 aliphatic heterocycles. The number of benzene rings is 3. The first-order valence-corrected chi connectivity index (χ1v) is 11.3. The summed E-state index contributed by atoms with van der Waals surface area (Å²) in [6.45, 7) is 1.14. The minimum absolute atomic E-state index is 0.0493. The van der Waals surface area contributed by atoms with Crippen LogP contribution in [0.1, 0.15) is 11.1 Å². The molecule has 0 unspecified atom stereocenters. The van der Waals surface area contributed by atoms with E-state index in [2.05, 4.69) is 5.32 Å². The van der Waals surface area contributed by atoms with Gasteiger partial charge in [0.25, 0.3) is 5.69 Å². The zero-order chi connectivity index (χ0) is 23.3. The van der Waals surface area contributed by atoms with E-state index in [9.17, 15) is 23.3 Å². The summed E-state index contributed by atoms with van der Waals surface area (Å²) in [5.41, 5.74) is 1.32. The third-order valence-electron chi connectivity index (χ3n) is 4.68. The summed E-state index contributed by atoms with van der Waals surface area (Å²) in [5, 5.41) is 14.1. The van der Waals surface area contributed by atoms with E-state index in [1.54, 1.807) is 49.4 Å². The second kappa shape index (κ2) is 9.90. The van der Waals surface area contributed by atoms with Crippen LogP contribution in [0.15, 0.2) is 77.7 Å². The maximum absolute atomic E-state index is 13.2. The summed E-state index contributed by atoms with van der Waals surface area (Å²) < 4.78 is 27.5. The molecule has 0 radical (unpaired) electrons. The molecule has 0 aliphatic carbocycles. The fraction of sp³-hybridized carbons (Fsp3) is 0.136. The molecule has 32 heavy (non-hydrogen) atoms. The van der Waals surface area contributed by atoms with Crippen LogP contribution in [0.2, 0.25) is 5.02 Å². The van der Waals surface area contributed by atoms with Crippen molar-refractivity contribution < 1.29 is 18.1 Å². The zero-order valence-corrected chi connectivity index (χ0v) is 18.6. The largest absolute Gasteiger partial charge is 0.324 e. The molecule has 8 nitrogen and oxygen atoms in total. The third kappa shape index (κ3) is 5.70. The fourth-order valence-corrected chi connectivity index (χ4v) is 4.50. The van der Waals surface area contributed by atoms with E-state index in [0.29, 0.717) is 16.1 Å². The van der Waals surface area contributed by atoms with E-state index >= 15 is 0 Å². The molecule has 166 valence electrons. The first-order chi connectivity index (χ1) is 15.2. The average Bonchev–Trinajstić information content (AvgIpc) is 2.76. The van der Waals surface area contributed by atoms with Gasteiger partial charge >= 0.3 is 0 Å². The highest BCUT2D eigenvalue weighted by Gasteiger charge is 2.27. The van der Waals surface area contributed by atoms with Gasteiger partial charge in [-0.05, 0) is 42.3 Å². The molecule has 1 N–H and O–H groups in total. The van der Waals surface area contributed by atoms with E-state index in [1.165, 1.54) is 30.3 Å². The summed E-state index contributed by atoms with van der Waals surface area (Å²) in [5.74, 6) is -0.623. The highest BCUT2D eigenvalue weighted by Crippen LogP contribution is 2.23. The van der Waals surface area contributed by atoms with Crippen LogP contribution in [0.4, 0.5) is 11.4 Å².